The van der Waals surface area contributed by atoms with Gasteiger partial charge in [-0.25, -0.2) is 0 Å². The lowest BCUT2D eigenvalue weighted by atomic mass is 9.98. The van der Waals surface area contributed by atoms with Crippen molar-refractivity contribution in [1.82, 2.24) is 4.98 Å². The first-order valence-electron chi connectivity index (χ1n) is 6.41. The lowest BCUT2D eigenvalue weighted by Crippen LogP contribution is -1.83. The molecule has 0 bridgehead atoms. The summed E-state index contributed by atoms with van der Waals surface area (Å²) in [5, 5.41) is 0. The van der Waals surface area contributed by atoms with Crippen LogP contribution in [0.5, 0.6) is 0 Å². The summed E-state index contributed by atoms with van der Waals surface area (Å²) in [6.45, 7) is 2.14. The fourth-order valence-electron chi connectivity index (χ4n) is 2.27. The van der Waals surface area contributed by atoms with Crippen molar-refractivity contribution in [3.05, 3.63) is 78.6 Å². The topological polar surface area (TPSA) is 12.9 Å². The van der Waals surface area contributed by atoms with Gasteiger partial charge in [-0.3, -0.25) is 4.98 Å². The van der Waals surface area contributed by atoms with Gasteiger partial charge in [-0.2, -0.15) is 0 Å². The molecule has 0 fully saturated rings. The number of benzene rings is 2. The summed E-state index contributed by atoms with van der Waals surface area (Å²) in [6, 6.07) is 21.1. The molecule has 0 unspecified atom stereocenters. The van der Waals surface area contributed by atoms with Crippen LogP contribution in [-0.4, -0.2) is 4.98 Å². The highest BCUT2D eigenvalue weighted by atomic mass is 14.6. The molecule has 0 atom stereocenters. The summed E-state index contributed by atoms with van der Waals surface area (Å²) in [5.74, 6) is 0. The van der Waals surface area contributed by atoms with Gasteiger partial charge in [-0.15, -0.1) is 0 Å². The lowest BCUT2D eigenvalue weighted by molar-refractivity contribution is 1.33. The standard InChI is InChI=1S/C18H15N/c1-14-5-2-3-7-18(14)16-10-8-15(9-11-16)17-6-4-12-19-13-17/h2-13H,1H3. The van der Waals surface area contributed by atoms with Crippen LogP contribution in [0.4, 0.5) is 0 Å². The normalized spacial score (nSPS) is 10.4. The van der Waals surface area contributed by atoms with E-state index in [4.69, 9.17) is 0 Å². The van der Waals surface area contributed by atoms with Crippen LogP contribution in [0.1, 0.15) is 5.56 Å². The number of rotatable bonds is 2. The van der Waals surface area contributed by atoms with Crippen molar-refractivity contribution < 1.29 is 0 Å². The van der Waals surface area contributed by atoms with Gasteiger partial charge in [0.2, 0.25) is 0 Å². The molecule has 92 valence electrons. The Bertz CT molecular complexity index is 670. The molecular weight excluding hydrogens is 230 g/mol. The Morgan fingerprint density at radius 3 is 2.11 bits per heavy atom. The van der Waals surface area contributed by atoms with Crippen LogP contribution in [0.2, 0.25) is 0 Å². The van der Waals surface area contributed by atoms with Crippen LogP contribution in [-0.2, 0) is 0 Å². The van der Waals surface area contributed by atoms with E-state index < -0.39 is 0 Å². The Balaban J connectivity index is 1.98. The molecule has 0 N–H and O–H groups in total. The minimum Gasteiger partial charge on any atom is -0.264 e. The zero-order chi connectivity index (χ0) is 13.1. The van der Waals surface area contributed by atoms with E-state index in [9.17, 15) is 0 Å². The second kappa shape index (κ2) is 5.07. The van der Waals surface area contributed by atoms with Crippen LogP contribution < -0.4 is 0 Å². The van der Waals surface area contributed by atoms with Gasteiger partial charge in [0, 0.05) is 12.4 Å². The largest absolute Gasteiger partial charge is 0.264 e. The number of hydrogen-bond acceptors (Lipinski definition) is 1. The predicted octanol–water partition coefficient (Wildman–Crippen LogP) is 4.72. The van der Waals surface area contributed by atoms with Gasteiger partial charge in [0.05, 0.1) is 0 Å². The SMILES string of the molecule is Cc1ccccc1-c1ccc(-c2cccnc2)cc1. The van der Waals surface area contributed by atoms with Gasteiger partial charge in [0.1, 0.15) is 0 Å². The van der Waals surface area contributed by atoms with Crippen LogP contribution in [0.3, 0.4) is 0 Å². The fraction of sp³-hybridized carbons (Fsp3) is 0.0556. The third kappa shape index (κ3) is 2.41. The molecule has 1 heterocycles. The fourth-order valence-corrected chi connectivity index (χ4v) is 2.27. The summed E-state index contributed by atoms with van der Waals surface area (Å²) in [7, 11) is 0. The predicted molar refractivity (Wildman–Crippen MR) is 79.8 cm³/mol. The maximum Gasteiger partial charge on any atom is 0.0346 e. The molecule has 0 aliphatic carbocycles. The van der Waals surface area contributed by atoms with Crippen molar-refractivity contribution in [3.63, 3.8) is 0 Å². The summed E-state index contributed by atoms with van der Waals surface area (Å²) in [5.41, 5.74) is 6.20. The molecule has 0 radical (unpaired) electrons. The highest BCUT2D eigenvalue weighted by Gasteiger charge is 2.02. The molecular formula is C18H15N. The van der Waals surface area contributed by atoms with E-state index in [2.05, 4.69) is 66.5 Å². The van der Waals surface area contributed by atoms with Gasteiger partial charge < -0.3 is 0 Å². The van der Waals surface area contributed by atoms with Crippen LogP contribution in [0, 0.1) is 6.92 Å². The van der Waals surface area contributed by atoms with E-state index in [-0.39, 0.29) is 0 Å². The first-order chi connectivity index (χ1) is 9.34. The van der Waals surface area contributed by atoms with Gasteiger partial charge in [-0.05, 0) is 40.8 Å². The summed E-state index contributed by atoms with van der Waals surface area (Å²) >= 11 is 0. The Labute approximate surface area is 113 Å². The maximum absolute atomic E-state index is 4.16. The number of pyridine rings is 1. The molecule has 1 heteroatoms. The first kappa shape index (κ1) is 11.7. The van der Waals surface area contributed by atoms with E-state index in [0.717, 1.165) is 5.56 Å². The molecule has 0 saturated heterocycles. The maximum atomic E-state index is 4.16. The molecule has 2 aromatic carbocycles. The van der Waals surface area contributed by atoms with Crippen molar-refractivity contribution >= 4 is 0 Å². The van der Waals surface area contributed by atoms with Crippen molar-refractivity contribution in [2.45, 2.75) is 6.92 Å². The smallest absolute Gasteiger partial charge is 0.0346 e. The van der Waals surface area contributed by atoms with Crippen molar-refractivity contribution in [2.24, 2.45) is 0 Å². The van der Waals surface area contributed by atoms with Crippen molar-refractivity contribution in [2.75, 3.05) is 0 Å². The van der Waals surface area contributed by atoms with Crippen LogP contribution >= 0.6 is 0 Å². The summed E-state index contributed by atoms with van der Waals surface area (Å²) in [6.07, 6.45) is 3.69. The highest BCUT2D eigenvalue weighted by molar-refractivity contribution is 5.71. The molecule has 1 aromatic heterocycles. The number of aryl methyl sites for hydroxylation is 1. The summed E-state index contributed by atoms with van der Waals surface area (Å²) < 4.78 is 0. The van der Waals surface area contributed by atoms with E-state index in [1.165, 1.54) is 22.3 Å². The monoisotopic (exact) mass is 245 g/mol. The average Bonchev–Trinajstić information content (AvgIpc) is 2.49. The quantitative estimate of drug-likeness (QED) is 0.636. The molecule has 0 spiro atoms. The molecule has 0 aliphatic heterocycles. The zero-order valence-electron chi connectivity index (χ0n) is 10.9. The Kier molecular flexibility index (Phi) is 3.11. The average molecular weight is 245 g/mol. The van der Waals surface area contributed by atoms with E-state index in [1.807, 2.05) is 12.3 Å². The van der Waals surface area contributed by atoms with Gasteiger partial charge >= 0.3 is 0 Å². The molecule has 3 rings (SSSR count). The van der Waals surface area contributed by atoms with Gasteiger partial charge in [-0.1, -0.05) is 54.6 Å². The minimum atomic E-state index is 1.15. The van der Waals surface area contributed by atoms with Crippen molar-refractivity contribution in [1.29, 1.82) is 0 Å². The Morgan fingerprint density at radius 1 is 0.684 bits per heavy atom. The lowest BCUT2D eigenvalue weighted by Gasteiger charge is -2.07. The number of aromatic nitrogens is 1. The number of nitrogens with zero attached hydrogens (tertiary/aromatic N) is 1. The molecule has 3 aromatic rings. The van der Waals surface area contributed by atoms with Crippen LogP contribution in [0.15, 0.2) is 73.1 Å². The minimum absolute atomic E-state index is 1.15. The summed E-state index contributed by atoms with van der Waals surface area (Å²) in [4.78, 5) is 4.16. The van der Waals surface area contributed by atoms with Crippen molar-refractivity contribution in [3.8, 4) is 22.3 Å². The van der Waals surface area contributed by atoms with Crippen LogP contribution in [0.25, 0.3) is 22.3 Å². The molecule has 0 saturated carbocycles. The molecule has 0 amide bonds. The van der Waals surface area contributed by atoms with E-state index >= 15 is 0 Å². The first-order valence-corrected chi connectivity index (χ1v) is 6.41. The number of hydrogen-bond donors (Lipinski definition) is 0. The Hall–Kier alpha value is -2.41. The zero-order valence-corrected chi connectivity index (χ0v) is 10.9. The third-order valence-corrected chi connectivity index (χ3v) is 3.34. The van der Waals surface area contributed by atoms with E-state index in [0.29, 0.717) is 0 Å². The highest BCUT2D eigenvalue weighted by Crippen LogP contribution is 2.26. The van der Waals surface area contributed by atoms with Gasteiger partial charge in [0.25, 0.3) is 0 Å². The van der Waals surface area contributed by atoms with Gasteiger partial charge in [0.15, 0.2) is 0 Å². The molecule has 1 nitrogen and oxygen atoms in total. The molecule has 19 heavy (non-hydrogen) atoms. The third-order valence-electron chi connectivity index (χ3n) is 3.34. The van der Waals surface area contributed by atoms with E-state index in [1.54, 1.807) is 6.20 Å². The Morgan fingerprint density at radius 2 is 1.42 bits per heavy atom. The molecule has 0 aliphatic rings. The second-order valence-electron chi connectivity index (χ2n) is 4.63. The second-order valence-corrected chi connectivity index (χ2v) is 4.63.